The van der Waals surface area contributed by atoms with E-state index < -0.39 is 0 Å². The molecule has 0 saturated carbocycles. The van der Waals surface area contributed by atoms with Gasteiger partial charge in [0.1, 0.15) is 0 Å². The molecule has 1 heterocycles. The first-order valence-corrected chi connectivity index (χ1v) is 7.83. The van der Waals surface area contributed by atoms with Crippen molar-refractivity contribution in [1.29, 1.82) is 0 Å². The molecule has 0 aromatic heterocycles. The second-order valence-corrected chi connectivity index (χ2v) is 6.46. The summed E-state index contributed by atoms with van der Waals surface area (Å²) in [4.78, 5) is 12.4. The molecule has 1 saturated heterocycles. The molecular weight excluding hydrogens is 272 g/mol. The molecule has 2 aliphatic rings. The van der Waals surface area contributed by atoms with Crippen molar-refractivity contribution in [2.24, 2.45) is 5.92 Å². The van der Waals surface area contributed by atoms with Crippen molar-refractivity contribution in [3.05, 3.63) is 34.3 Å². The molecule has 3 atom stereocenters. The molecule has 2 N–H and O–H groups in total. The Kier molecular flexibility index (Phi) is 3.99. The maximum atomic E-state index is 12.4. The van der Waals surface area contributed by atoms with Crippen molar-refractivity contribution in [2.45, 2.75) is 44.7 Å². The quantitative estimate of drug-likeness (QED) is 0.880. The van der Waals surface area contributed by atoms with Crippen LogP contribution in [0.1, 0.15) is 43.4 Å². The molecular formula is C16H21ClN2O. The van der Waals surface area contributed by atoms with Crippen LogP contribution >= 0.6 is 11.6 Å². The molecule has 20 heavy (non-hydrogen) atoms. The highest BCUT2D eigenvalue weighted by Crippen LogP contribution is 2.33. The van der Waals surface area contributed by atoms with Crippen LogP contribution in [0.3, 0.4) is 0 Å². The highest BCUT2D eigenvalue weighted by Gasteiger charge is 2.29. The van der Waals surface area contributed by atoms with Crippen LogP contribution in [0.4, 0.5) is 0 Å². The molecule has 1 aromatic rings. The van der Waals surface area contributed by atoms with E-state index in [0.717, 1.165) is 37.3 Å². The van der Waals surface area contributed by atoms with Crippen molar-refractivity contribution < 1.29 is 4.79 Å². The number of nitrogens with one attached hydrogen (secondary N) is 2. The lowest BCUT2D eigenvalue weighted by Crippen LogP contribution is -2.43. The SMILES string of the molecule is C[C@H]1C[C@@H](C(=O)NC2CCc3cc(Cl)ccc32)CCN1. The Bertz CT molecular complexity index is 517. The van der Waals surface area contributed by atoms with Crippen molar-refractivity contribution in [3.8, 4) is 0 Å². The smallest absolute Gasteiger partial charge is 0.223 e. The molecule has 1 aromatic carbocycles. The van der Waals surface area contributed by atoms with Crippen LogP contribution in [-0.2, 0) is 11.2 Å². The zero-order valence-electron chi connectivity index (χ0n) is 11.8. The third kappa shape index (κ3) is 2.84. The molecule has 1 fully saturated rings. The Morgan fingerprint density at radius 3 is 3.05 bits per heavy atom. The van der Waals surface area contributed by atoms with Gasteiger partial charge in [0.05, 0.1) is 6.04 Å². The number of piperidine rings is 1. The van der Waals surface area contributed by atoms with Crippen LogP contribution in [0.15, 0.2) is 18.2 Å². The zero-order valence-corrected chi connectivity index (χ0v) is 12.5. The monoisotopic (exact) mass is 292 g/mol. The van der Waals surface area contributed by atoms with Crippen molar-refractivity contribution in [1.82, 2.24) is 10.6 Å². The predicted molar refractivity (Wildman–Crippen MR) is 80.8 cm³/mol. The molecule has 1 aliphatic carbocycles. The fourth-order valence-corrected chi connectivity index (χ4v) is 3.59. The maximum Gasteiger partial charge on any atom is 0.223 e. The second-order valence-electron chi connectivity index (χ2n) is 6.02. The zero-order chi connectivity index (χ0) is 14.1. The predicted octanol–water partition coefficient (Wildman–Crippen LogP) is 2.83. The van der Waals surface area contributed by atoms with Gasteiger partial charge in [-0.15, -0.1) is 0 Å². The van der Waals surface area contributed by atoms with E-state index in [-0.39, 0.29) is 17.9 Å². The largest absolute Gasteiger partial charge is 0.349 e. The fraction of sp³-hybridized carbons (Fsp3) is 0.562. The number of hydrogen-bond donors (Lipinski definition) is 2. The van der Waals surface area contributed by atoms with E-state index in [4.69, 9.17) is 11.6 Å². The third-order valence-corrected chi connectivity index (χ3v) is 4.73. The molecule has 1 unspecified atom stereocenters. The Morgan fingerprint density at radius 1 is 1.40 bits per heavy atom. The molecule has 0 radical (unpaired) electrons. The van der Waals surface area contributed by atoms with Gasteiger partial charge in [-0.2, -0.15) is 0 Å². The number of hydrogen-bond acceptors (Lipinski definition) is 2. The molecule has 1 aliphatic heterocycles. The van der Waals surface area contributed by atoms with E-state index >= 15 is 0 Å². The molecule has 108 valence electrons. The molecule has 4 heteroatoms. The first kappa shape index (κ1) is 13.9. The van der Waals surface area contributed by atoms with Crippen molar-refractivity contribution >= 4 is 17.5 Å². The lowest BCUT2D eigenvalue weighted by atomic mass is 9.92. The van der Waals surface area contributed by atoms with Gasteiger partial charge in [-0.3, -0.25) is 4.79 Å². The van der Waals surface area contributed by atoms with Gasteiger partial charge >= 0.3 is 0 Å². The summed E-state index contributed by atoms with van der Waals surface area (Å²) in [6.07, 6.45) is 3.87. The summed E-state index contributed by atoms with van der Waals surface area (Å²) in [5.41, 5.74) is 2.52. The van der Waals surface area contributed by atoms with E-state index in [1.54, 1.807) is 0 Å². The minimum absolute atomic E-state index is 0.155. The van der Waals surface area contributed by atoms with Gasteiger partial charge in [0, 0.05) is 17.0 Å². The van der Waals surface area contributed by atoms with Gasteiger partial charge in [-0.05, 0) is 62.4 Å². The highest BCUT2D eigenvalue weighted by atomic mass is 35.5. The molecule has 0 spiro atoms. The first-order valence-electron chi connectivity index (χ1n) is 7.45. The number of fused-ring (bicyclic) bond motifs is 1. The summed E-state index contributed by atoms with van der Waals surface area (Å²) >= 11 is 6.02. The summed E-state index contributed by atoms with van der Waals surface area (Å²) in [5.74, 6) is 0.369. The average molecular weight is 293 g/mol. The Balaban J connectivity index is 1.66. The topological polar surface area (TPSA) is 41.1 Å². The number of rotatable bonds is 2. The van der Waals surface area contributed by atoms with Gasteiger partial charge in [-0.1, -0.05) is 17.7 Å². The van der Waals surface area contributed by atoms with E-state index in [9.17, 15) is 4.79 Å². The van der Waals surface area contributed by atoms with Crippen LogP contribution in [0.5, 0.6) is 0 Å². The van der Waals surface area contributed by atoms with E-state index in [1.807, 2.05) is 12.1 Å². The summed E-state index contributed by atoms with van der Waals surface area (Å²) in [5, 5.41) is 7.40. The third-order valence-electron chi connectivity index (χ3n) is 4.49. The van der Waals surface area contributed by atoms with Crippen LogP contribution < -0.4 is 10.6 Å². The van der Waals surface area contributed by atoms with Crippen LogP contribution in [0.25, 0.3) is 0 Å². The summed E-state index contributed by atoms with van der Waals surface area (Å²) in [6.45, 7) is 3.09. The number of amides is 1. The summed E-state index contributed by atoms with van der Waals surface area (Å²) in [7, 11) is 0. The van der Waals surface area contributed by atoms with E-state index in [0.29, 0.717) is 6.04 Å². The Labute approximate surface area is 125 Å². The van der Waals surface area contributed by atoms with Gasteiger partial charge < -0.3 is 10.6 Å². The number of aryl methyl sites for hydroxylation is 1. The standard InChI is InChI=1S/C16H21ClN2O/c1-10-8-12(6-7-18-10)16(20)19-15-5-2-11-9-13(17)3-4-14(11)15/h3-4,9-10,12,15,18H,2,5-8H2,1H3,(H,19,20)/t10-,12-,15?/m0/s1. The van der Waals surface area contributed by atoms with Gasteiger partial charge in [-0.25, -0.2) is 0 Å². The van der Waals surface area contributed by atoms with Crippen molar-refractivity contribution in [3.63, 3.8) is 0 Å². The molecule has 3 nitrogen and oxygen atoms in total. The minimum atomic E-state index is 0.155. The average Bonchev–Trinajstić information content (AvgIpc) is 2.81. The first-order chi connectivity index (χ1) is 9.63. The maximum absolute atomic E-state index is 12.4. The van der Waals surface area contributed by atoms with Gasteiger partial charge in [0.2, 0.25) is 5.91 Å². The van der Waals surface area contributed by atoms with Crippen LogP contribution in [-0.4, -0.2) is 18.5 Å². The number of halogens is 1. The number of carbonyl (C=O) groups excluding carboxylic acids is 1. The normalized spacial score (nSPS) is 29.0. The Hall–Kier alpha value is -1.06. The minimum Gasteiger partial charge on any atom is -0.349 e. The van der Waals surface area contributed by atoms with Crippen LogP contribution in [0.2, 0.25) is 5.02 Å². The lowest BCUT2D eigenvalue weighted by Gasteiger charge is -2.28. The van der Waals surface area contributed by atoms with E-state index in [2.05, 4.69) is 23.6 Å². The summed E-state index contributed by atoms with van der Waals surface area (Å²) in [6, 6.07) is 6.60. The molecule has 1 amide bonds. The second kappa shape index (κ2) is 5.74. The number of carbonyl (C=O) groups is 1. The van der Waals surface area contributed by atoms with E-state index in [1.165, 1.54) is 11.1 Å². The molecule has 0 bridgehead atoms. The van der Waals surface area contributed by atoms with Gasteiger partial charge in [0.15, 0.2) is 0 Å². The number of benzene rings is 1. The van der Waals surface area contributed by atoms with Gasteiger partial charge in [0.25, 0.3) is 0 Å². The fourth-order valence-electron chi connectivity index (χ4n) is 3.40. The van der Waals surface area contributed by atoms with Crippen LogP contribution in [0, 0.1) is 5.92 Å². The van der Waals surface area contributed by atoms with Crippen molar-refractivity contribution in [2.75, 3.05) is 6.54 Å². The molecule has 3 rings (SSSR count). The highest BCUT2D eigenvalue weighted by molar-refractivity contribution is 6.30. The Morgan fingerprint density at radius 2 is 2.25 bits per heavy atom. The lowest BCUT2D eigenvalue weighted by molar-refractivity contribution is -0.126. The summed E-state index contributed by atoms with van der Waals surface area (Å²) < 4.78 is 0.